The Hall–Kier alpha value is -0.670. The van der Waals surface area contributed by atoms with Crippen LogP contribution in [-0.4, -0.2) is 24.7 Å². The second kappa shape index (κ2) is 7.60. The van der Waals surface area contributed by atoms with E-state index in [-0.39, 0.29) is 0 Å². The number of nitrogens with two attached hydrogens (primary N) is 1. The lowest BCUT2D eigenvalue weighted by Crippen LogP contribution is -2.04. The molecule has 0 amide bonds. The summed E-state index contributed by atoms with van der Waals surface area (Å²) >= 11 is 1.91. The maximum atomic E-state index is 5.82. The second-order valence-electron chi connectivity index (χ2n) is 3.26. The molecule has 0 atom stereocenters. The molecular weight excluding hydrogens is 206 g/mol. The molecule has 0 aliphatic heterocycles. The number of para-hydroxylation sites is 1. The van der Waals surface area contributed by atoms with E-state index in [0.29, 0.717) is 0 Å². The van der Waals surface area contributed by atoms with Crippen molar-refractivity contribution in [2.75, 3.05) is 30.5 Å². The monoisotopic (exact) mass is 225 g/mol. The van der Waals surface area contributed by atoms with E-state index < -0.39 is 0 Å². The zero-order chi connectivity index (χ0) is 10.9. The van der Waals surface area contributed by atoms with Crippen molar-refractivity contribution < 1.29 is 4.74 Å². The predicted octanol–water partition coefficient (Wildman–Crippen LogP) is 2.58. The van der Waals surface area contributed by atoms with Crippen molar-refractivity contribution in [1.29, 1.82) is 0 Å². The quantitative estimate of drug-likeness (QED) is 0.572. The Morgan fingerprint density at radius 2 is 2.07 bits per heavy atom. The lowest BCUT2D eigenvalue weighted by molar-refractivity contribution is 0.153. The number of ether oxygens (including phenoxy) is 1. The smallest absolute Gasteiger partial charge is 0.0556 e. The highest BCUT2D eigenvalue weighted by atomic mass is 32.2. The molecule has 0 spiro atoms. The van der Waals surface area contributed by atoms with Crippen LogP contribution in [0, 0.1) is 0 Å². The molecule has 3 heteroatoms. The van der Waals surface area contributed by atoms with E-state index in [9.17, 15) is 0 Å². The zero-order valence-electron chi connectivity index (χ0n) is 9.24. The number of hydrogen-bond acceptors (Lipinski definition) is 3. The Morgan fingerprint density at radius 3 is 2.80 bits per heavy atom. The molecule has 0 bridgehead atoms. The lowest BCUT2D eigenvalue weighted by atomic mass is 10.1. The zero-order valence-corrected chi connectivity index (χ0v) is 10.1. The Labute approximate surface area is 96.2 Å². The fourth-order valence-corrected chi connectivity index (χ4v) is 1.83. The topological polar surface area (TPSA) is 35.2 Å². The van der Waals surface area contributed by atoms with Gasteiger partial charge in [-0.2, -0.15) is 11.8 Å². The van der Waals surface area contributed by atoms with E-state index in [1.54, 1.807) is 0 Å². The number of hydrogen-bond donors (Lipinski definition) is 1. The van der Waals surface area contributed by atoms with Crippen LogP contribution < -0.4 is 5.73 Å². The van der Waals surface area contributed by atoms with Gasteiger partial charge in [0.1, 0.15) is 0 Å². The molecule has 0 saturated carbocycles. The highest BCUT2D eigenvalue weighted by Crippen LogP contribution is 2.10. The average Bonchev–Trinajstić information content (AvgIpc) is 2.25. The molecule has 15 heavy (non-hydrogen) atoms. The number of rotatable bonds is 7. The van der Waals surface area contributed by atoms with E-state index in [1.165, 1.54) is 5.56 Å². The average molecular weight is 225 g/mol. The highest BCUT2D eigenvalue weighted by Gasteiger charge is 1.97. The maximum Gasteiger partial charge on any atom is 0.0556 e. The maximum absolute atomic E-state index is 5.82. The van der Waals surface area contributed by atoms with Crippen LogP contribution in [-0.2, 0) is 11.2 Å². The van der Waals surface area contributed by atoms with Crippen molar-refractivity contribution in [3.63, 3.8) is 0 Å². The van der Waals surface area contributed by atoms with E-state index in [4.69, 9.17) is 10.5 Å². The van der Waals surface area contributed by atoms with Gasteiger partial charge >= 0.3 is 0 Å². The van der Waals surface area contributed by atoms with Crippen molar-refractivity contribution in [3.8, 4) is 0 Å². The summed E-state index contributed by atoms with van der Waals surface area (Å²) in [5, 5.41) is 0. The molecule has 0 aliphatic carbocycles. The molecule has 0 radical (unpaired) electrons. The fraction of sp³-hybridized carbons (Fsp3) is 0.500. The van der Waals surface area contributed by atoms with Gasteiger partial charge in [-0.05, 0) is 23.8 Å². The third-order valence-electron chi connectivity index (χ3n) is 2.15. The molecule has 1 aromatic rings. The van der Waals surface area contributed by atoms with Crippen LogP contribution in [0.3, 0.4) is 0 Å². The van der Waals surface area contributed by atoms with Gasteiger partial charge in [0.2, 0.25) is 0 Å². The molecule has 0 heterocycles. The first-order valence-electron chi connectivity index (χ1n) is 5.33. The van der Waals surface area contributed by atoms with Crippen molar-refractivity contribution in [2.24, 2.45) is 0 Å². The van der Waals surface area contributed by atoms with Crippen LogP contribution in [0.25, 0.3) is 0 Å². The largest absolute Gasteiger partial charge is 0.399 e. The molecule has 0 saturated heterocycles. The van der Waals surface area contributed by atoms with Gasteiger partial charge in [0.15, 0.2) is 0 Å². The van der Waals surface area contributed by atoms with Crippen LogP contribution >= 0.6 is 11.8 Å². The van der Waals surface area contributed by atoms with Crippen LogP contribution in [0.2, 0.25) is 0 Å². The molecule has 0 aromatic heterocycles. The Morgan fingerprint density at radius 1 is 1.27 bits per heavy atom. The van der Waals surface area contributed by atoms with Crippen LogP contribution in [0.4, 0.5) is 5.69 Å². The minimum atomic E-state index is 0.762. The SMILES string of the molecule is CCSCCOCCc1ccccc1N. The minimum absolute atomic E-state index is 0.762. The van der Waals surface area contributed by atoms with Crippen molar-refractivity contribution in [2.45, 2.75) is 13.3 Å². The molecule has 2 N–H and O–H groups in total. The number of thioether (sulfide) groups is 1. The summed E-state index contributed by atoms with van der Waals surface area (Å²) < 4.78 is 5.52. The summed E-state index contributed by atoms with van der Waals surface area (Å²) in [7, 11) is 0. The molecule has 0 aliphatic rings. The van der Waals surface area contributed by atoms with Crippen LogP contribution in [0.5, 0.6) is 0 Å². The van der Waals surface area contributed by atoms with Gasteiger partial charge in [-0.25, -0.2) is 0 Å². The molecule has 1 rings (SSSR count). The first kappa shape index (κ1) is 12.4. The van der Waals surface area contributed by atoms with Crippen molar-refractivity contribution in [1.82, 2.24) is 0 Å². The van der Waals surface area contributed by atoms with Crippen LogP contribution in [0.1, 0.15) is 12.5 Å². The molecule has 1 aromatic carbocycles. The first-order valence-corrected chi connectivity index (χ1v) is 6.49. The summed E-state index contributed by atoms with van der Waals surface area (Å²) in [6, 6.07) is 7.96. The number of benzene rings is 1. The van der Waals surface area contributed by atoms with E-state index >= 15 is 0 Å². The molecule has 2 nitrogen and oxygen atoms in total. The Kier molecular flexibility index (Phi) is 6.28. The summed E-state index contributed by atoms with van der Waals surface area (Å²) in [5.74, 6) is 2.25. The third-order valence-corrected chi connectivity index (χ3v) is 3.01. The van der Waals surface area contributed by atoms with E-state index in [1.807, 2.05) is 30.0 Å². The molecule has 84 valence electrons. The number of nitrogen functional groups attached to an aromatic ring is 1. The van der Waals surface area contributed by atoms with Crippen LogP contribution in [0.15, 0.2) is 24.3 Å². The number of anilines is 1. The Bertz CT molecular complexity index is 278. The summed E-state index contributed by atoms with van der Waals surface area (Å²) in [6.07, 6.45) is 0.906. The van der Waals surface area contributed by atoms with Gasteiger partial charge in [-0.15, -0.1) is 0 Å². The van der Waals surface area contributed by atoms with Gasteiger partial charge in [0.25, 0.3) is 0 Å². The molecular formula is C12H19NOS. The standard InChI is InChI=1S/C12H19NOS/c1-2-15-10-9-14-8-7-11-5-3-4-6-12(11)13/h3-6H,2,7-10,13H2,1H3. The van der Waals surface area contributed by atoms with Gasteiger partial charge in [0, 0.05) is 11.4 Å². The summed E-state index contributed by atoms with van der Waals surface area (Å²) in [6.45, 7) is 3.76. The highest BCUT2D eigenvalue weighted by molar-refractivity contribution is 7.99. The Balaban J connectivity index is 2.12. The molecule has 0 unspecified atom stereocenters. The second-order valence-corrected chi connectivity index (χ2v) is 4.65. The van der Waals surface area contributed by atoms with E-state index in [0.717, 1.165) is 36.8 Å². The van der Waals surface area contributed by atoms with Crippen molar-refractivity contribution in [3.05, 3.63) is 29.8 Å². The first-order chi connectivity index (χ1) is 7.34. The van der Waals surface area contributed by atoms with Crippen molar-refractivity contribution >= 4 is 17.4 Å². The summed E-state index contributed by atoms with van der Waals surface area (Å²) in [5.41, 5.74) is 7.87. The van der Waals surface area contributed by atoms with Gasteiger partial charge in [0.05, 0.1) is 13.2 Å². The molecule has 0 fully saturated rings. The fourth-order valence-electron chi connectivity index (χ4n) is 1.31. The van der Waals surface area contributed by atoms with Gasteiger partial charge < -0.3 is 10.5 Å². The summed E-state index contributed by atoms with van der Waals surface area (Å²) in [4.78, 5) is 0. The lowest BCUT2D eigenvalue weighted by Gasteiger charge is -2.06. The predicted molar refractivity (Wildman–Crippen MR) is 68.4 cm³/mol. The third kappa shape index (κ3) is 5.09. The van der Waals surface area contributed by atoms with Gasteiger partial charge in [-0.3, -0.25) is 0 Å². The van der Waals surface area contributed by atoms with Gasteiger partial charge in [-0.1, -0.05) is 25.1 Å². The normalized spacial score (nSPS) is 10.5. The van der Waals surface area contributed by atoms with E-state index in [2.05, 4.69) is 13.0 Å². The minimum Gasteiger partial charge on any atom is -0.399 e.